The minimum absolute atomic E-state index is 0.120. The molecule has 4 aromatic rings. The molecule has 0 radical (unpaired) electrons. The number of imidazole rings is 1. The summed E-state index contributed by atoms with van der Waals surface area (Å²) >= 11 is 1.48. The Balaban J connectivity index is 1.22. The first-order valence-corrected chi connectivity index (χ1v) is 15.2. The molecule has 1 fully saturated rings. The number of nitrogens with zero attached hydrogens (tertiary/aromatic N) is 4. The third-order valence-electron chi connectivity index (χ3n) is 6.78. The predicted octanol–water partition coefficient (Wildman–Crippen LogP) is 7.46. The minimum atomic E-state index is -9.73. The van der Waals surface area contributed by atoms with Crippen molar-refractivity contribution in [3.05, 3.63) is 76.3 Å². The molecule has 1 N–H and O–H groups in total. The average molecular weight is 604 g/mol. The summed E-state index contributed by atoms with van der Waals surface area (Å²) < 4.78 is 82.1. The first-order chi connectivity index (χ1) is 18.6. The maximum Gasteiger partial charge on any atom is 0.310 e. The molecule has 5 rings (SSSR count). The van der Waals surface area contributed by atoms with Crippen molar-refractivity contribution in [2.24, 2.45) is 0 Å². The van der Waals surface area contributed by atoms with Gasteiger partial charge in [-0.3, -0.25) is 9.20 Å². The number of hydrogen-bond donors (Lipinski definition) is 1. The van der Waals surface area contributed by atoms with Gasteiger partial charge in [0.25, 0.3) is 5.91 Å². The van der Waals surface area contributed by atoms with Gasteiger partial charge in [-0.15, -0.1) is 11.3 Å². The molecule has 3 heterocycles. The molecule has 1 aliphatic heterocycles. The monoisotopic (exact) mass is 603 g/mol. The minimum Gasteiger partial charge on any atom is -0.370 e. The number of carbonyl (C=O) groups is 1. The lowest BCUT2D eigenvalue weighted by atomic mass is 10.1. The molecule has 0 bridgehead atoms. The van der Waals surface area contributed by atoms with Crippen LogP contribution in [0.1, 0.15) is 33.0 Å². The number of hydrogen-bond acceptors (Lipinski definition) is 5. The van der Waals surface area contributed by atoms with E-state index in [0.29, 0.717) is 73.1 Å². The molecule has 0 spiro atoms. The second-order valence-corrected chi connectivity index (χ2v) is 13.4. The van der Waals surface area contributed by atoms with E-state index in [0.717, 1.165) is 22.0 Å². The first-order valence-electron chi connectivity index (χ1n) is 12.4. The Hall–Kier alpha value is -3.39. The van der Waals surface area contributed by atoms with E-state index in [-0.39, 0.29) is 12.5 Å². The number of benzene rings is 2. The van der Waals surface area contributed by atoms with E-state index in [1.165, 1.54) is 17.4 Å². The van der Waals surface area contributed by atoms with Gasteiger partial charge in [0, 0.05) is 49.5 Å². The number of carbonyl (C=O) groups excluding carboxylic acids is 1. The Kier molecular flexibility index (Phi) is 6.57. The van der Waals surface area contributed by atoms with Crippen molar-refractivity contribution < 1.29 is 28.6 Å². The molecule has 1 amide bonds. The number of nitrogens with one attached hydrogen (secondary N) is 1. The molecule has 0 saturated carbocycles. The van der Waals surface area contributed by atoms with E-state index in [4.69, 9.17) is 0 Å². The summed E-state index contributed by atoms with van der Waals surface area (Å²) in [6.07, 6.45) is 2.44. The maximum atomic E-state index is 15.1. The predicted molar refractivity (Wildman–Crippen MR) is 147 cm³/mol. The SMILES string of the molecule is Cc1cn2c(C(=O)NCc3ccc(N4CCCN(c5ccc(S(F)(F)(F)(F)F)cc5)CC4)c(F)c3)c(C)nc2s1. The Labute approximate surface area is 230 Å². The van der Waals surface area contributed by atoms with Gasteiger partial charge in [-0.1, -0.05) is 25.5 Å². The fourth-order valence-corrected chi connectivity index (χ4v) is 6.37. The van der Waals surface area contributed by atoms with Crippen LogP contribution in [0.15, 0.2) is 53.6 Å². The van der Waals surface area contributed by atoms with Crippen molar-refractivity contribution in [2.75, 3.05) is 36.0 Å². The normalized spacial score (nSPS) is 16.5. The highest BCUT2D eigenvalue weighted by Crippen LogP contribution is 3.02. The highest BCUT2D eigenvalue weighted by molar-refractivity contribution is 8.45. The summed E-state index contributed by atoms with van der Waals surface area (Å²) in [5.41, 5.74) is 2.39. The van der Waals surface area contributed by atoms with Crippen LogP contribution in [0.5, 0.6) is 0 Å². The molecule has 0 unspecified atom stereocenters. The van der Waals surface area contributed by atoms with Crippen LogP contribution in [0, 0.1) is 19.7 Å². The van der Waals surface area contributed by atoms with Crippen molar-refractivity contribution in [1.82, 2.24) is 14.7 Å². The molecule has 40 heavy (non-hydrogen) atoms. The lowest BCUT2D eigenvalue weighted by Crippen LogP contribution is -2.31. The number of fused-ring (bicyclic) bond motifs is 1. The summed E-state index contributed by atoms with van der Waals surface area (Å²) in [4.78, 5) is 20.7. The lowest BCUT2D eigenvalue weighted by molar-refractivity contribution is 0.0944. The third-order valence-corrected chi connectivity index (χ3v) is 8.84. The fourth-order valence-electron chi connectivity index (χ4n) is 4.85. The van der Waals surface area contributed by atoms with Crippen LogP contribution in [-0.2, 0) is 6.54 Å². The quantitative estimate of drug-likeness (QED) is 0.233. The largest absolute Gasteiger partial charge is 0.370 e. The summed E-state index contributed by atoms with van der Waals surface area (Å²) in [5, 5.41) is 2.82. The van der Waals surface area contributed by atoms with Gasteiger partial charge < -0.3 is 15.1 Å². The van der Waals surface area contributed by atoms with E-state index in [9.17, 15) is 24.2 Å². The van der Waals surface area contributed by atoms with E-state index in [1.54, 1.807) is 28.4 Å². The molecular weight excluding hydrogens is 576 g/mol. The number of thiazole rings is 1. The molecular formula is C26H27F6N5OS2. The molecule has 2 aromatic heterocycles. The van der Waals surface area contributed by atoms with Gasteiger partial charge in [0.2, 0.25) is 0 Å². The molecule has 1 aliphatic rings. The second kappa shape index (κ2) is 9.33. The summed E-state index contributed by atoms with van der Waals surface area (Å²) in [6, 6.07) is 7.65. The highest BCUT2D eigenvalue weighted by Gasteiger charge is 2.65. The van der Waals surface area contributed by atoms with Gasteiger partial charge in [0.15, 0.2) is 4.96 Å². The van der Waals surface area contributed by atoms with E-state index >= 15 is 4.39 Å². The van der Waals surface area contributed by atoms with Gasteiger partial charge in [-0.25, -0.2) is 9.37 Å². The molecule has 216 valence electrons. The third kappa shape index (κ3) is 5.87. The summed E-state index contributed by atoms with van der Waals surface area (Å²) in [7, 11) is -9.73. The van der Waals surface area contributed by atoms with Crippen molar-refractivity contribution in [2.45, 2.75) is 31.7 Å². The number of rotatable bonds is 6. The van der Waals surface area contributed by atoms with Gasteiger partial charge in [0.1, 0.15) is 16.4 Å². The lowest BCUT2D eigenvalue weighted by Gasteiger charge is -2.40. The Morgan fingerprint density at radius 3 is 2.33 bits per heavy atom. The highest BCUT2D eigenvalue weighted by atomic mass is 32.5. The van der Waals surface area contributed by atoms with Crippen LogP contribution >= 0.6 is 21.6 Å². The van der Waals surface area contributed by atoms with Crippen LogP contribution in [0.25, 0.3) is 4.96 Å². The second-order valence-electron chi connectivity index (χ2n) is 9.80. The molecule has 2 aromatic carbocycles. The molecule has 0 atom stereocenters. The Bertz CT molecular complexity index is 1580. The van der Waals surface area contributed by atoms with Gasteiger partial charge in [-0.05, 0) is 62.2 Å². The maximum absolute atomic E-state index is 15.1. The number of aromatic nitrogens is 2. The topological polar surface area (TPSA) is 52.9 Å². The first kappa shape index (κ1) is 28.1. The van der Waals surface area contributed by atoms with Crippen LogP contribution < -0.4 is 15.1 Å². The summed E-state index contributed by atoms with van der Waals surface area (Å²) in [6.45, 7) is 5.54. The van der Waals surface area contributed by atoms with Crippen LogP contribution in [0.2, 0.25) is 0 Å². The van der Waals surface area contributed by atoms with Crippen molar-refractivity contribution >= 4 is 43.8 Å². The standard InChI is InChI=1S/C26H27F6N5OS2/c1-17-16-37-24(18(2)34-26(37)39-17)25(38)33-15-19-4-9-23(22(27)14-19)36-11-3-10-35(12-13-36)20-5-7-21(8-6-20)40(28,29,30,31)32/h4-9,14,16H,3,10-13,15H2,1-2H3,(H,33,38). The molecule has 14 heteroatoms. The Morgan fingerprint density at radius 1 is 0.975 bits per heavy atom. The van der Waals surface area contributed by atoms with Crippen LogP contribution in [-0.4, -0.2) is 41.5 Å². The van der Waals surface area contributed by atoms with Crippen molar-refractivity contribution in [3.63, 3.8) is 0 Å². The van der Waals surface area contributed by atoms with E-state index in [2.05, 4.69) is 10.3 Å². The fraction of sp³-hybridized carbons (Fsp3) is 0.308. The van der Waals surface area contributed by atoms with Crippen molar-refractivity contribution in [1.29, 1.82) is 0 Å². The van der Waals surface area contributed by atoms with Gasteiger partial charge in [0.05, 0.1) is 11.4 Å². The summed E-state index contributed by atoms with van der Waals surface area (Å²) in [5.74, 6) is -0.773. The number of aryl methyl sites for hydroxylation is 2. The Morgan fingerprint density at radius 2 is 1.65 bits per heavy atom. The zero-order chi connectivity index (χ0) is 28.9. The van der Waals surface area contributed by atoms with Crippen LogP contribution in [0.3, 0.4) is 0 Å². The number of halogens is 6. The van der Waals surface area contributed by atoms with Gasteiger partial charge >= 0.3 is 10.2 Å². The van der Waals surface area contributed by atoms with E-state index < -0.39 is 20.9 Å². The molecule has 6 nitrogen and oxygen atoms in total. The zero-order valence-electron chi connectivity index (χ0n) is 21.6. The molecule has 0 aliphatic carbocycles. The van der Waals surface area contributed by atoms with Crippen molar-refractivity contribution in [3.8, 4) is 0 Å². The zero-order valence-corrected chi connectivity index (χ0v) is 23.3. The van der Waals surface area contributed by atoms with Gasteiger partial charge in [-0.2, -0.15) is 0 Å². The van der Waals surface area contributed by atoms with Crippen LogP contribution in [0.4, 0.5) is 35.2 Å². The van der Waals surface area contributed by atoms with E-state index in [1.807, 2.05) is 18.0 Å². The smallest absolute Gasteiger partial charge is 0.310 e. The molecule has 1 saturated heterocycles. The number of anilines is 2. The number of amides is 1. The average Bonchev–Trinajstić information content (AvgIpc) is 3.23.